The van der Waals surface area contributed by atoms with Gasteiger partial charge in [0, 0.05) is 32.1 Å². The lowest BCUT2D eigenvalue weighted by atomic mass is 10.0. The van der Waals surface area contributed by atoms with E-state index in [1.54, 1.807) is 18.4 Å². The number of ether oxygens (including phenoxy) is 2. The van der Waals surface area contributed by atoms with Gasteiger partial charge in [-0.2, -0.15) is 0 Å². The van der Waals surface area contributed by atoms with Crippen molar-refractivity contribution in [3.63, 3.8) is 0 Å². The Labute approximate surface area is 219 Å². The van der Waals surface area contributed by atoms with Crippen molar-refractivity contribution < 1.29 is 19.1 Å². The molecule has 7 nitrogen and oxygen atoms in total. The molecule has 198 valence electrons. The number of para-hydroxylation sites is 1. The zero-order valence-electron chi connectivity index (χ0n) is 22.2. The molecule has 0 radical (unpaired) electrons. The van der Waals surface area contributed by atoms with Crippen LogP contribution in [0.2, 0.25) is 0 Å². The quantitative estimate of drug-likeness (QED) is 0.520. The van der Waals surface area contributed by atoms with Gasteiger partial charge in [0.25, 0.3) is 5.91 Å². The van der Waals surface area contributed by atoms with E-state index in [4.69, 9.17) is 9.47 Å². The predicted octanol–water partition coefficient (Wildman–Crippen LogP) is 4.98. The molecule has 1 aromatic carbocycles. The number of aromatic nitrogens is 1. The molecule has 0 saturated carbocycles. The number of methoxy groups -OCH3 is 1. The molecular formula is C28H41N3O4S. The minimum atomic E-state index is -0.0760. The molecule has 2 amide bonds. The van der Waals surface area contributed by atoms with Crippen LogP contribution in [0.4, 0.5) is 0 Å². The van der Waals surface area contributed by atoms with Crippen LogP contribution >= 0.6 is 11.3 Å². The molecule has 0 spiro atoms. The second-order valence-corrected chi connectivity index (χ2v) is 11.0. The molecule has 1 aliphatic rings. The normalized spacial score (nSPS) is 18.0. The van der Waals surface area contributed by atoms with Crippen molar-refractivity contribution in [2.24, 2.45) is 5.92 Å². The highest BCUT2D eigenvalue weighted by Crippen LogP contribution is 2.24. The molecule has 0 unspecified atom stereocenters. The molecular weight excluding hydrogens is 474 g/mol. The van der Waals surface area contributed by atoms with Crippen LogP contribution in [0.5, 0.6) is 5.75 Å². The topological polar surface area (TPSA) is 72.0 Å². The maximum atomic E-state index is 13.5. The molecule has 1 atom stereocenters. The maximum Gasteiger partial charge on any atom is 0.257 e. The first-order chi connectivity index (χ1) is 17.4. The highest BCUT2D eigenvalue weighted by molar-refractivity contribution is 7.09. The lowest BCUT2D eigenvalue weighted by Crippen LogP contribution is -2.46. The number of thiazole rings is 1. The van der Waals surface area contributed by atoms with Crippen molar-refractivity contribution in [3.05, 3.63) is 45.9 Å². The summed E-state index contributed by atoms with van der Waals surface area (Å²) in [7, 11) is 1.66. The summed E-state index contributed by atoms with van der Waals surface area (Å²) in [6.45, 7) is 9.09. The zero-order chi connectivity index (χ0) is 25.9. The van der Waals surface area contributed by atoms with E-state index in [0.717, 1.165) is 42.8 Å². The van der Waals surface area contributed by atoms with Gasteiger partial charge in [-0.1, -0.05) is 38.8 Å². The Balaban J connectivity index is 1.86. The van der Waals surface area contributed by atoms with E-state index in [1.165, 1.54) is 0 Å². The third kappa shape index (κ3) is 8.30. The van der Waals surface area contributed by atoms with E-state index in [-0.39, 0.29) is 17.9 Å². The number of hydrogen-bond acceptors (Lipinski definition) is 6. The molecule has 0 fully saturated rings. The van der Waals surface area contributed by atoms with Crippen LogP contribution in [0.25, 0.3) is 0 Å². The van der Waals surface area contributed by atoms with Crippen molar-refractivity contribution in [1.29, 1.82) is 0 Å². The molecule has 2 heterocycles. The summed E-state index contributed by atoms with van der Waals surface area (Å²) in [5, 5.41) is 2.95. The van der Waals surface area contributed by atoms with Gasteiger partial charge >= 0.3 is 0 Å². The average molecular weight is 516 g/mol. The van der Waals surface area contributed by atoms with Gasteiger partial charge in [-0.05, 0) is 44.2 Å². The van der Waals surface area contributed by atoms with Gasteiger partial charge < -0.3 is 19.3 Å². The number of amides is 2. The number of benzene rings is 1. The second-order valence-electron chi connectivity index (χ2n) is 9.91. The van der Waals surface area contributed by atoms with Gasteiger partial charge in [0.15, 0.2) is 0 Å². The second kappa shape index (κ2) is 14.3. The number of rotatable bonds is 7. The molecule has 1 aromatic heterocycles. The van der Waals surface area contributed by atoms with E-state index >= 15 is 0 Å². The van der Waals surface area contributed by atoms with E-state index < -0.39 is 0 Å². The molecule has 8 heteroatoms. The summed E-state index contributed by atoms with van der Waals surface area (Å²) < 4.78 is 11.6. The SMILES string of the molecule is COCCN1CCCCCCN(C(=O)Cc2csc(C)n2)[C@@H](CC(C)C)COc2ccccc2C1=O. The number of fused-ring (bicyclic) bond motifs is 1. The number of carbonyl (C=O) groups is 2. The Kier molecular flexibility index (Phi) is 11.2. The number of hydrogen-bond donors (Lipinski definition) is 0. The van der Waals surface area contributed by atoms with Gasteiger partial charge in [-0.15, -0.1) is 11.3 Å². The Bertz CT molecular complexity index is 977. The zero-order valence-corrected chi connectivity index (χ0v) is 23.0. The van der Waals surface area contributed by atoms with Crippen molar-refractivity contribution in [2.45, 2.75) is 65.3 Å². The summed E-state index contributed by atoms with van der Waals surface area (Å²) in [5.41, 5.74) is 1.39. The first-order valence-corrected chi connectivity index (χ1v) is 14.0. The van der Waals surface area contributed by atoms with Crippen molar-refractivity contribution in [1.82, 2.24) is 14.8 Å². The van der Waals surface area contributed by atoms with Crippen LogP contribution < -0.4 is 4.74 Å². The highest BCUT2D eigenvalue weighted by atomic mass is 32.1. The van der Waals surface area contributed by atoms with Crippen molar-refractivity contribution >= 4 is 23.2 Å². The molecule has 0 saturated heterocycles. The summed E-state index contributed by atoms with van der Waals surface area (Å²) in [4.78, 5) is 35.4. The molecule has 3 rings (SSSR count). The first-order valence-electron chi connectivity index (χ1n) is 13.1. The maximum absolute atomic E-state index is 13.5. The van der Waals surface area contributed by atoms with Gasteiger partial charge in [-0.25, -0.2) is 4.98 Å². The van der Waals surface area contributed by atoms with E-state index in [9.17, 15) is 9.59 Å². The van der Waals surface area contributed by atoms with Crippen LogP contribution in [-0.2, 0) is 16.0 Å². The van der Waals surface area contributed by atoms with Crippen molar-refractivity contribution in [3.8, 4) is 5.75 Å². The molecule has 36 heavy (non-hydrogen) atoms. The molecule has 0 aliphatic carbocycles. The third-order valence-corrected chi connectivity index (χ3v) is 7.30. The molecule has 1 aliphatic heterocycles. The average Bonchev–Trinajstić information content (AvgIpc) is 3.26. The Morgan fingerprint density at radius 3 is 2.64 bits per heavy atom. The molecule has 0 bridgehead atoms. The van der Waals surface area contributed by atoms with E-state index in [1.807, 2.05) is 46.4 Å². The Hall–Kier alpha value is -2.45. The lowest BCUT2D eigenvalue weighted by molar-refractivity contribution is -0.134. The summed E-state index contributed by atoms with van der Waals surface area (Å²) >= 11 is 1.57. The van der Waals surface area contributed by atoms with Crippen LogP contribution in [0.15, 0.2) is 29.6 Å². The molecule has 0 N–H and O–H groups in total. The number of nitrogens with zero attached hydrogens (tertiary/aromatic N) is 3. The summed E-state index contributed by atoms with van der Waals surface area (Å²) in [6.07, 6.45) is 5.01. The fraction of sp³-hybridized carbons (Fsp3) is 0.607. The summed E-state index contributed by atoms with van der Waals surface area (Å²) in [6, 6.07) is 7.36. The minimum Gasteiger partial charge on any atom is -0.491 e. The largest absolute Gasteiger partial charge is 0.491 e. The lowest BCUT2D eigenvalue weighted by Gasteiger charge is -2.33. The van der Waals surface area contributed by atoms with Gasteiger partial charge in [0.05, 0.1) is 35.3 Å². The molecule has 2 aromatic rings. The smallest absolute Gasteiger partial charge is 0.257 e. The highest BCUT2D eigenvalue weighted by Gasteiger charge is 2.27. The van der Waals surface area contributed by atoms with Crippen LogP contribution in [0.1, 0.15) is 67.0 Å². The van der Waals surface area contributed by atoms with E-state index in [2.05, 4.69) is 18.8 Å². The minimum absolute atomic E-state index is 0.0352. The van der Waals surface area contributed by atoms with Gasteiger partial charge in [0.1, 0.15) is 12.4 Å². The van der Waals surface area contributed by atoms with Crippen LogP contribution in [0.3, 0.4) is 0 Å². The fourth-order valence-corrected chi connectivity index (χ4v) is 5.28. The Morgan fingerprint density at radius 1 is 1.19 bits per heavy atom. The summed E-state index contributed by atoms with van der Waals surface area (Å²) in [5.74, 6) is 1.03. The predicted molar refractivity (Wildman–Crippen MR) is 144 cm³/mol. The van der Waals surface area contributed by atoms with Crippen LogP contribution in [0, 0.1) is 12.8 Å². The van der Waals surface area contributed by atoms with E-state index in [0.29, 0.717) is 56.5 Å². The third-order valence-electron chi connectivity index (χ3n) is 6.48. The Morgan fingerprint density at radius 2 is 1.94 bits per heavy atom. The van der Waals surface area contributed by atoms with Crippen LogP contribution in [-0.4, -0.2) is 72.6 Å². The monoisotopic (exact) mass is 515 g/mol. The van der Waals surface area contributed by atoms with Gasteiger partial charge in [0.2, 0.25) is 5.91 Å². The van der Waals surface area contributed by atoms with Gasteiger partial charge in [-0.3, -0.25) is 9.59 Å². The van der Waals surface area contributed by atoms with Crippen molar-refractivity contribution in [2.75, 3.05) is 40.0 Å². The number of aryl methyl sites for hydroxylation is 1. The first kappa shape index (κ1) is 28.1. The fourth-order valence-electron chi connectivity index (χ4n) is 4.67. The standard InChI is InChI=1S/C28H41N3O4S/c1-21(2)17-24-19-35-26-12-8-7-11-25(26)28(33)30(15-16-34-4)13-9-5-6-10-14-31(24)27(32)18-23-20-36-22(3)29-23/h7-8,11-12,20-21,24H,5-6,9-10,13-19H2,1-4H3/t24-/m0/s1. The number of carbonyl (C=O) groups excluding carboxylic acids is 2.